The molecule has 1 aliphatic rings. The van der Waals surface area contributed by atoms with Gasteiger partial charge in [0.25, 0.3) is 0 Å². The van der Waals surface area contributed by atoms with Gasteiger partial charge in [-0.15, -0.1) is 0 Å². The van der Waals surface area contributed by atoms with Crippen LogP contribution in [0.15, 0.2) is 18.2 Å². The average molecular weight is 264 g/mol. The monoisotopic (exact) mass is 264 g/mol. The predicted octanol–water partition coefficient (Wildman–Crippen LogP) is 1.37. The van der Waals surface area contributed by atoms with Gasteiger partial charge in [0.05, 0.1) is 6.04 Å². The number of nitrogens with one attached hydrogen (secondary N) is 1. The summed E-state index contributed by atoms with van der Waals surface area (Å²) in [5, 5.41) is 2.97. The summed E-state index contributed by atoms with van der Waals surface area (Å²) in [4.78, 5) is 14.0. The molecule has 0 aliphatic carbocycles. The Labute approximate surface area is 113 Å². The van der Waals surface area contributed by atoms with Gasteiger partial charge in [-0.3, -0.25) is 4.79 Å². The van der Waals surface area contributed by atoms with Crippen molar-refractivity contribution >= 4 is 5.91 Å². The highest BCUT2D eigenvalue weighted by molar-refractivity contribution is 5.81. The van der Waals surface area contributed by atoms with E-state index < -0.39 is 0 Å². The molecule has 1 aliphatic heterocycles. The topological polar surface area (TPSA) is 50.8 Å². The minimum atomic E-state index is -0.172. The number of fused-ring (bicyclic) bond motifs is 1. The van der Waals surface area contributed by atoms with Gasteiger partial charge in [-0.2, -0.15) is 0 Å². The molecule has 1 aromatic carbocycles. The highest BCUT2D eigenvalue weighted by Crippen LogP contribution is 2.32. The molecule has 0 aromatic heterocycles. The lowest BCUT2D eigenvalue weighted by atomic mass is 10.1. The number of benzene rings is 1. The first-order chi connectivity index (χ1) is 9.15. The van der Waals surface area contributed by atoms with Crippen LogP contribution in [0.5, 0.6) is 11.5 Å². The van der Waals surface area contributed by atoms with Gasteiger partial charge in [0.1, 0.15) is 0 Å². The van der Waals surface area contributed by atoms with Gasteiger partial charge in [-0.25, -0.2) is 0 Å². The van der Waals surface area contributed by atoms with Crippen molar-refractivity contribution in [2.45, 2.75) is 26.4 Å². The molecule has 0 radical (unpaired) electrons. The Kier molecular flexibility index (Phi) is 4.27. The standard InChI is InChI=1S/C14H20N2O3/c1-4-16(14(17)10(2)15-3)8-11-5-6-12-13(7-11)19-9-18-12/h5-7,10,15H,4,8-9H2,1-3H3. The van der Waals surface area contributed by atoms with Crippen molar-refractivity contribution in [3.8, 4) is 11.5 Å². The maximum Gasteiger partial charge on any atom is 0.239 e. The Morgan fingerprint density at radius 1 is 1.42 bits per heavy atom. The molecule has 0 saturated heterocycles. The van der Waals surface area contributed by atoms with E-state index in [9.17, 15) is 4.79 Å². The molecule has 0 fully saturated rings. The van der Waals surface area contributed by atoms with Gasteiger partial charge < -0.3 is 19.7 Å². The highest BCUT2D eigenvalue weighted by Gasteiger charge is 2.19. The average Bonchev–Trinajstić information content (AvgIpc) is 2.90. The van der Waals surface area contributed by atoms with Crippen molar-refractivity contribution in [1.29, 1.82) is 0 Å². The van der Waals surface area contributed by atoms with Gasteiger partial charge in [0, 0.05) is 13.1 Å². The fraction of sp³-hybridized carbons (Fsp3) is 0.500. The maximum atomic E-state index is 12.2. The van der Waals surface area contributed by atoms with Crippen LogP contribution >= 0.6 is 0 Å². The summed E-state index contributed by atoms with van der Waals surface area (Å²) in [6.07, 6.45) is 0. The molecule has 0 saturated carbocycles. The summed E-state index contributed by atoms with van der Waals surface area (Å²) in [5.74, 6) is 1.62. The molecule has 104 valence electrons. The van der Waals surface area contributed by atoms with E-state index in [1.54, 1.807) is 7.05 Å². The van der Waals surface area contributed by atoms with Crippen LogP contribution in [0.1, 0.15) is 19.4 Å². The number of amides is 1. The molecular weight excluding hydrogens is 244 g/mol. The molecule has 0 spiro atoms. The van der Waals surface area contributed by atoms with Crippen molar-refractivity contribution in [3.05, 3.63) is 23.8 Å². The third-order valence-corrected chi connectivity index (χ3v) is 3.31. The molecule has 2 rings (SSSR count). The van der Waals surface area contributed by atoms with E-state index >= 15 is 0 Å². The Hall–Kier alpha value is -1.75. The smallest absolute Gasteiger partial charge is 0.239 e. The highest BCUT2D eigenvalue weighted by atomic mass is 16.7. The fourth-order valence-electron chi connectivity index (χ4n) is 2.00. The molecule has 1 unspecified atom stereocenters. The second kappa shape index (κ2) is 5.93. The van der Waals surface area contributed by atoms with E-state index in [4.69, 9.17) is 9.47 Å². The summed E-state index contributed by atoms with van der Waals surface area (Å²) < 4.78 is 10.6. The lowest BCUT2D eigenvalue weighted by molar-refractivity contribution is -0.133. The third kappa shape index (κ3) is 2.98. The van der Waals surface area contributed by atoms with Gasteiger partial charge >= 0.3 is 0 Å². The normalized spacial score (nSPS) is 14.3. The summed E-state index contributed by atoms with van der Waals surface area (Å²) in [5.41, 5.74) is 1.04. The summed E-state index contributed by atoms with van der Waals surface area (Å²) in [6.45, 7) is 5.38. The lowest BCUT2D eigenvalue weighted by Gasteiger charge is -2.24. The zero-order valence-corrected chi connectivity index (χ0v) is 11.6. The number of ether oxygens (including phenoxy) is 2. The van der Waals surface area contributed by atoms with E-state index in [1.807, 2.05) is 36.9 Å². The molecule has 1 atom stereocenters. The van der Waals surface area contributed by atoms with Gasteiger partial charge in [0.15, 0.2) is 11.5 Å². The van der Waals surface area contributed by atoms with Crippen LogP contribution in [0.25, 0.3) is 0 Å². The van der Waals surface area contributed by atoms with Crippen LogP contribution in [-0.2, 0) is 11.3 Å². The molecular formula is C14H20N2O3. The molecule has 1 heterocycles. The van der Waals surface area contributed by atoms with Crippen molar-refractivity contribution in [1.82, 2.24) is 10.2 Å². The predicted molar refractivity (Wildman–Crippen MR) is 72.2 cm³/mol. The second-order valence-electron chi connectivity index (χ2n) is 4.55. The number of rotatable bonds is 5. The van der Waals surface area contributed by atoms with E-state index in [0.717, 1.165) is 17.1 Å². The summed E-state index contributed by atoms with van der Waals surface area (Å²) in [7, 11) is 1.79. The van der Waals surface area contributed by atoms with E-state index in [0.29, 0.717) is 13.1 Å². The number of nitrogens with zero attached hydrogens (tertiary/aromatic N) is 1. The Balaban J connectivity index is 2.08. The lowest BCUT2D eigenvalue weighted by Crippen LogP contribution is -2.43. The molecule has 0 bridgehead atoms. The van der Waals surface area contributed by atoms with E-state index in [2.05, 4.69) is 5.32 Å². The van der Waals surface area contributed by atoms with E-state index in [1.165, 1.54) is 0 Å². The van der Waals surface area contributed by atoms with Crippen LogP contribution in [0.4, 0.5) is 0 Å². The molecule has 5 heteroatoms. The van der Waals surface area contributed by atoms with Crippen LogP contribution in [0.2, 0.25) is 0 Å². The second-order valence-corrected chi connectivity index (χ2v) is 4.55. The zero-order chi connectivity index (χ0) is 13.8. The van der Waals surface area contributed by atoms with E-state index in [-0.39, 0.29) is 18.7 Å². The number of hydrogen-bond acceptors (Lipinski definition) is 4. The SMILES string of the molecule is CCN(Cc1ccc2c(c1)OCO2)C(=O)C(C)NC. The Morgan fingerprint density at radius 3 is 2.84 bits per heavy atom. The molecule has 1 amide bonds. The van der Waals surface area contributed by atoms with Crippen LogP contribution < -0.4 is 14.8 Å². The van der Waals surface area contributed by atoms with Gasteiger partial charge in [0.2, 0.25) is 12.7 Å². The Bertz CT molecular complexity index is 462. The first-order valence-electron chi connectivity index (χ1n) is 6.50. The summed E-state index contributed by atoms with van der Waals surface area (Å²) >= 11 is 0. The molecule has 1 aromatic rings. The first kappa shape index (κ1) is 13.7. The quantitative estimate of drug-likeness (QED) is 0.872. The van der Waals surface area contributed by atoms with Gasteiger partial charge in [-0.05, 0) is 38.6 Å². The van der Waals surface area contributed by atoms with Crippen LogP contribution in [-0.4, -0.2) is 37.2 Å². The number of carbonyl (C=O) groups excluding carboxylic acids is 1. The molecule has 1 N–H and O–H groups in total. The van der Waals surface area contributed by atoms with Crippen molar-refractivity contribution in [2.75, 3.05) is 20.4 Å². The zero-order valence-electron chi connectivity index (χ0n) is 11.6. The maximum absolute atomic E-state index is 12.2. The molecule has 19 heavy (non-hydrogen) atoms. The number of carbonyl (C=O) groups is 1. The van der Waals surface area contributed by atoms with Crippen LogP contribution in [0, 0.1) is 0 Å². The first-order valence-corrected chi connectivity index (χ1v) is 6.50. The van der Waals surface area contributed by atoms with Crippen LogP contribution in [0.3, 0.4) is 0 Å². The van der Waals surface area contributed by atoms with Crippen molar-refractivity contribution in [3.63, 3.8) is 0 Å². The number of hydrogen-bond donors (Lipinski definition) is 1. The Morgan fingerprint density at radius 2 is 2.16 bits per heavy atom. The van der Waals surface area contributed by atoms with Gasteiger partial charge in [-0.1, -0.05) is 6.07 Å². The third-order valence-electron chi connectivity index (χ3n) is 3.31. The van der Waals surface area contributed by atoms with Crippen molar-refractivity contribution in [2.24, 2.45) is 0 Å². The summed E-state index contributed by atoms with van der Waals surface area (Å²) in [6, 6.07) is 5.61. The number of likely N-dealkylation sites (N-methyl/N-ethyl adjacent to an activating group) is 2. The molecule has 5 nitrogen and oxygen atoms in total. The fourth-order valence-corrected chi connectivity index (χ4v) is 2.00. The largest absolute Gasteiger partial charge is 0.454 e. The minimum absolute atomic E-state index is 0.0997. The van der Waals surface area contributed by atoms with Crippen molar-refractivity contribution < 1.29 is 14.3 Å². The minimum Gasteiger partial charge on any atom is -0.454 e.